The lowest BCUT2D eigenvalue weighted by molar-refractivity contribution is 0.792. The van der Waals surface area contributed by atoms with E-state index in [-0.39, 0.29) is 0 Å². The van der Waals surface area contributed by atoms with Crippen molar-refractivity contribution in [3.8, 4) is 45.3 Å². The first-order valence-corrected chi connectivity index (χ1v) is 19.7. The molecule has 8 heteroatoms. The van der Waals surface area contributed by atoms with Crippen molar-refractivity contribution in [2.75, 3.05) is 0 Å². The van der Waals surface area contributed by atoms with Crippen LogP contribution in [0.4, 0.5) is 0 Å². The predicted molar refractivity (Wildman–Crippen MR) is 245 cm³/mol. The maximum Gasteiger partial charge on any atom is 0.113 e. The van der Waals surface area contributed by atoms with Crippen molar-refractivity contribution >= 4 is 43.6 Å². The fourth-order valence-electron chi connectivity index (χ4n) is 7.92. The summed E-state index contributed by atoms with van der Waals surface area (Å²) in [5.74, 6) is 0. The van der Waals surface area contributed by atoms with E-state index in [9.17, 15) is 0 Å². The summed E-state index contributed by atoms with van der Waals surface area (Å²) in [6.07, 6.45) is 11.0. The maximum absolute atomic E-state index is 4.50. The number of nitrogens with zero attached hydrogens (tertiary/aromatic N) is 8. The van der Waals surface area contributed by atoms with E-state index in [1.807, 2.05) is 48.8 Å². The van der Waals surface area contributed by atoms with Crippen LogP contribution in [0.15, 0.2) is 220 Å². The summed E-state index contributed by atoms with van der Waals surface area (Å²) in [6, 6.07) is 59.3. The van der Waals surface area contributed by atoms with Gasteiger partial charge in [0.25, 0.3) is 0 Å². The van der Waals surface area contributed by atoms with Crippen molar-refractivity contribution in [3.63, 3.8) is 0 Å². The summed E-state index contributed by atoms with van der Waals surface area (Å²) >= 11 is 0. The first-order valence-electron chi connectivity index (χ1n) is 19.7. The van der Waals surface area contributed by atoms with Crippen LogP contribution >= 0.6 is 0 Å². The molecule has 0 N–H and O–H groups in total. The standard InChI is InChI=1S/C46H30N8.C6H8/c1-5-13-43-37(9-1)38-10-2-6-14-44(38)53(43)35-21-17-31(18-22-35)41-29-51(49-47-41)33-25-27-34(28-26-33)52-30-42(48-50-52)32-19-23-36(24-20-32)54-45-15-7-3-11-39(45)40-12-4-8-16-46(40)54;1-3-5-6-4-2/h1-30H;3-6H,1-2H2/b;6-5-. The molecule has 11 rings (SSSR count). The summed E-state index contributed by atoms with van der Waals surface area (Å²) < 4.78 is 8.22. The van der Waals surface area contributed by atoms with Crippen LogP contribution in [-0.2, 0) is 0 Å². The van der Waals surface area contributed by atoms with Gasteiger partial charge in [-0.25, -0.2) is 9.36 Å². The van der Waals surface area contributed by atoms with E-state index in [0.717, 1.165) is 45.3 Å². The molecule has 0 spiro atoms. The van der Waals surface area contributed by atoms with Crippen LogP contribution < -0.4 is 0 Å². The highest BCUT2D eigenvalue weighted by Crippen LogP contribution is 2.34. The Kier molecular flexibility index (Phi) is 9.32. The minimum Gasteiger partial charge on any atom is -0.309 e. The highest BCUT2D eigenvalue weighted by molar-refractivity contribution is 6.10. The average molecular weight is 775 g/mol. The van der Waals surface area contributed by atoms with Crippen LogP contribution in [-0.4, -0.2) is 39.1 Å². The van der Waals surface area contributed by atoms with Gasteiger partial charge < -0.3 is 9.13 Å². The van der Waals surface area contributed by atoms with Crippen LogP contribution in [0.5, 0.6) is 0 Å². The van der Waals surface area contributed by atoms with E-state index in [1.165, 1.54) is 43.6 Å². The van der Waals surface area contributed by atoms with E-state index in [0.29, 0.717) is 0 Å². The summed E-state index contributed by atoms with van der Waals surface area (Å²) in [7, 11) is 0. The Labute approximate surface area is 346 Å². The molecule has 8 nitrogen and oxygen atoms in total. The zero-order valence-electron chi connectivity index (χ0n) is 32.6. The third-order valence-corrected chi connectivity index (χ3v) is 10.8. The Morgan fingerprint density at radius 2 is 0.650 bits per heavy atom. The van der Waals surface area contributed by atoms with Gasteiger partial charge in [0.2, 0.25) is 0 Å². The summed E-state index contributed by atoms with van der Waals surface area (Å²) in [6.45, 7) is 6.93. The molecule has 286 valence electrons. The van der Waals surface area contributed by atoms with Gasteiger partial charge in [0.1, 0.15) is 11.4 Å². The van der Waals surface area contributed by atoms with Crippen molar-refractivity contribution in [2.24, 2.45) is 0 Å². The number of hydrogen-bond donors (Lipinski definition) is 0. The molecule has 0 saturated carbocycles. The maximum atomic E-state index is 4.50. The van der Waals surface area contributed by atoms with E-state index < -0.39 is 0 Å². The Balaban J connectivity index is 0.000000675. The van der Waals surface area contributed by atoms with Crippen molar-refractivity contribution in [2.45, 2.75) is 0 Å². The molecule has 0 unspecified atom stereocenters. The second-order valence-electron chi connectivity index (χ2n) is 14.3. The van der Waals surface area contributed by atoms with E-state index in [1.54, 1.807) is 21.5 Å². The molecule has 0 fully saturated rings. The van der Waals surface area contributed by atoms with Gasteiger partial charge in [-0.3, -0.25) is 0 Å². The Hall–Kier alpha value is -8.36. The van der Waals surface area contributed by atoms with Crippen LogP contribution in [0, 0.1) is 0 Å². The smallest absolute Gasteiger partial charge is 0.113 e. The van der Waals surface area contributed by atoms with Gasteiger partial charge in [-0.15, -0.1) is 10.2 Å². The SMILES string of the molecule is C=C/C=C\C=C.c1ccc2c(c1)c1ccccc1n2-c1ccc(-c2cn(-c3ccc(-n4cc(-c5ccc(-n6c7ccccc7c7ccccc76)cc5)nn4)cc3)nn2)cc1. The molecule has 4 heterocycles. The molecule has 11 aromatic rings. The predicted octanol–water partition coefficient (Wildman–Crippen LogP) is 12.3. The summed E-state index contributed by atoms with van der Waals surface area (Å²) in [5.41, 5.74) is 12.4. The zero-order valence-corrected chi connectivity index (χ0v) is 32.6. The molecule has 7 aromatic carbocycles. The summed E-state index contributed by atoms with van der Waals surface area (Å²) in [5, 5.41) is 22.9. The molecule has 4 aromatic heterocycles. The van der Waals surface area contributed by atoms with E-state index in [4.69, 9.17) is 0 Å². The number of hydrogen-bond acceptors (Lipinski definition) is 4. The molecule has 0 bridgehead atoms. The van der Waals surface area contributed by atoms with Crippen molar-refractivity contribution < 1.29 is 0 Å². The largest absolute Gasteiger partial charge is 0.309 e. The third-order valence-electron chi connectivity index (χ3n) is 10.8. The van der Waals surface area contributed by atoms with E-state index in [2.05, 4.69) is 189 Å². The van der Waals surface area contributed by atoms with Gasteiger partial charge in [0.05, 0.1) is 45.8 Å². The number of para-hydroxylation sites is 4. The van der Waals surface area contributed by atoms with Crippen molar-refractivity contribution in [3.05, 3.63) is 220 Å². The highest BCUT2D eigenvalue weighted by atomic mass is 15.4. The number of aromatic nitrogens is 8. The highest BCUT2D eigenvalue weighted by Gasteiger charge is 2.14. The minimum atomic E-state index is 0.804. The second-order valence-corrected chi connectivity index (χ2v) is 14.3. The molecular weight excluding hydrogens is 737 g/mol. The summed E-state index contributed by atoms with van der Waals surface area (Å²) in [4.78, 5) is 0. The Bertz CT molecular complexity index is 3010. The fraction of sp³-hybridized carbons (Fsp3) is 0. The number of rotatable bonds is 8. The van der Waals surface area contributed by atoms with Gasteiger partial charge in [-0.2, -0.15) is 0 Å². The van der Waals surface area contributed by atoms with Crippen LogP contribution in [0.3, 0.4) is 0 Å². The topological polar surface area (TPSA) is 71.3 Å². The van der Waals surface area contributed by atoms with Crippen molar-refractivity contribution in [1.82, 2.24) is 39.1 Å². The molecule has 0 aliphatic heterocycles. The van der Waals surface area contributed by atoms with Gasteiger partial charge in [-0.1, -0.05) is 145 Å². The molecule has 0 aliphatic carbocycles. The lowest BCUT2D eigenvalue weighted by atomic mass is 10.1. The second kappa shape index (κ2) is 15.5. The molecule has 0 amide bonds. The van der Waals surface area contributed by atoms with Crippen LogP contribution in [0.2, 0.25) is 0 Å². The Morgan fingerprint density at radius 3 is 0.967 bits per heavy atom. The van der Waals surface area contributed by atoms with E-state index >= 15 is 0 Å². The molecule has 0 aliphatic rings. The quantitative estimate of drug-likeness (QED) is 0.144. The molecular formula is C52H38N8. The van der Waals surface area contributed by atoms with Crippen molar-refractivity contribution in [1.29, 1.82) is 0 Å². The normalized spacial score (nSPS) is 11.4. The zero-order chi connectivity index (χ0) is 40.4. The van der Waals surface area contributed by atoms with Gasteiger partial charge in [-0.05, 0) is 72.8 Å². The minimum absolute atomic E-state index is 0.804. The van der Waals surface area contributed by atoms with Crippen LogP contribution in [0.1, 0.15) is 0 Å². The Morgan fingerprint density at radius 1 is 0.350 bits per heavy atom. The lowest BCUT2D eigenvalue weighted by Gasteiger charge is -2.08. The van der Waals surface area contributed by atoms with Gasteiger partial charge in [0.15, 0.2) is 0 Å². The third kappa shape index (κ3) is 6.48. The average Bonchev–Trinajstić information content (AvgIpc) is 4.13. The number of fused-ring (bicyclic) bond motifs is 6. The van der Waals surface area contributed by atoms with Gasteiger partial charge >= 0.3 is 0 Å². The molecule has 60 heavy (non-hydrogen) atoms. The lowest BCUT2D eigenvalue weighted by Crippen LogP contribution is -1.98. The van der Waals surface area contributed by atoms with Crippen LogP contribution in [0.25, 0.3) is 88.9 Å². The first-order chi connectivity index (χ1) is 29.7. The first kappa shape index (κ1) is 36.0. The number of benzene rings is 7. The monoisotopic (exact) mass is 774 g/mol. The molecule has 0 saturated heterocycles. The fourth-order valence-corrected chi connectivity index (χ4v) is 7.92. The van der Waals surface area contributed by atoms with Gasteiger partial charge in [0, 0.05) is 44.0 Å². The number of allylic oxidation sites excluding steroid dienone is 4. The molecule has 0 atom stereocenters. The molecule has 0 radical (unpaired) electrons.